The van der Waals surface area contributed by atoms with Crippen molar-refractivity contribution in [1.82, 2.24) is 0 Å². The van der Waals surface area contributed by atoms with E-state index in [0.717, 1.165) is 0 Å². The van der Waals surface area contributed by atoms with Crippen LogP contribution in [0.15, 0.2) is 12.2 Å². The molecular weight excluding hydrogens is 196 g/mol. The lowest BCUT2D eigenvalue weighted by atomic mass is 10.1. The molecule has 0 aromatic carbocycles. The Morgan fingerprint density at radius 2 is 2.00 bits per heavy atom. The van der Waals surface area contributed by atoms with E-state index in [-0.39, 0.29) is 0 Å². The third-order valence-electron chi connectivity index (χ3n) is 2.63. The van der Waals surface area contributed by atoms with E-state index in [2.05, 4.69) is 13.0 Å². The van der Waals surface area contributed by atoms with Crippen LogP contribution in [0.5, 0.6) is 0 Å². The zero-order valence-electron chi connectivity index (χ0n) is 9.05. The van der Waals surface area contributed by atoms with Crippen LogP contribution < -0.4 is 0 Å². The number of ether oxygens (including phenoxy) is 1. The molecule has 0 aromatic heterocycles. The molecule has 0 spiro atoms. The zero-order chi connectivity index (χ0) is 10.2. The first-order chi connectivity index (χ1) is 6.88. The van der Waals surface area contributed by atoms with Crippen LogP contribution in [0.1, 0.15) is 45.4 Å². The second-order valence-corrected chi connectivity index (χ2v) is 4.23. The Bertz CT molecular complexity index is 168. The van der Waals surface area contributed by atoms with Crippen molar-refractivity contribution < 1.29 is 4.74 Å². The highest BCUT2D eigenvalue weighted by atomic mass is 35.5. The van der Waals surface area contributed by atoms with Crippen LogP contribution in [0.4, 0.5) is 0 Å². The summed E-state index contributed by atoms with van der Waals surface area (Å²) in [7, 11) is 0. The second kappa shape index (κ2) is 7.30. The average molecular weight is 217 g/mol. The van der Waals surface area contributed by atoms with E-state index in [0.29, 0.717) is 18.1 Å². The van der Waals surface area contributed by atoms with Gasteiger partial charge in [0.2, 0.25) is 0 Å². The summed E-state index contributed by atoms with van der Waals surface area (Å²) in [5.41, 5.74) is 0. The molecule has 0 saturated carbocycles. The van der Waals surface area contributed by atoms with Gasteiger partial charge in [-0.2, -0.15) is 0 Å². The number of unbranched alkanes of at least 4 members (excludes halogenated alkanes) is 4. The van der Waals surface area contributed by atoms with Gasteiger partial charge in [-0.15, -0.1) is 11.6 Å². The summed E-state index contributed by atoms with van der Waals surface area (Å²) in [5.74, 6) is 0.600. The highest BCUT2D eigenvalue weighted by molar-refractivity contribution is 6.18. The van der Waals surface area contributed by atoms with Crippen molar-refractivity contribution in [1.29, 1.82) is 0 Å². The lowest BCUT2D eigenvalue weighted by molar-refractivity contribution is 0.372. The standard InChI is InChI=1S/C12H21ClO/c1-2-3-4-5-6-8-11-12(14-11)9-7-10-13/h7,9,11-12H,2-6,8,10H2,1H3/t11-,12-/m0/s1. The predicted octanol–water partition coefficient (Wildman–Crippen LogP) is 3.91. The topological polar surface area (TPSA) is 12.5 Å². The van der Waals surface area contributed by atoms with E-state index in [9.17, 15) is 0 Å². The molecule has 1 heterocycles. The largest absolute Gasteiger partial charge is 0.365 e. The van der Waals surface area contributed by atoms with Crippen molar-refractivity contribution in [3.8, 4) is 0 Å². The van der Waals surface area contributed by atoms with Crippen LogP contribution in [0, 0.1) is 0 Å². The van der Waals surface area contributed by atoms with Gasteiger partial charge in [0.15, 0.2) is 0 Å². The van der Waals surface area contributed by atoms with E-state index < -0.39 is 0 Å². The maximum absolute atomic E-state index is 5.54. The summed E-state index contributed by atoms with van der Waals surface area (Å²) in [6.45, 7) is 2.25. The van der Waals surface area contributed by atoms with Crippen LogP contribution in [-0.4, -0.2) is 18.1 Å². The van der Waals surface area contributed by atoms with Gasteiger partial charge in [-0.1, -0.05) is 51.2 Å². The van der Waals surface area contributed by atoms with E-state index in [1.54, 1.807) is 0 Å². The predicted molar refractivity (Wildman–Crippen MR) is 61.9 cm³/mol. The Hall–Kier alpha value is -0.0100. The molecule has 1 aliphatic rings. The van der Waals surface area contributed by atoms with Crippen molar-refractivity contribution in [3.63, 3.8) is 0 Å². The van der Waals surface area contributed by atoms with Gasteiger partial charge in [-0.05, 0) is 6.42 Å². The molecule has 1 nitrogen and oxygen atoms in total. The molecule has 0 unspecified atom stereocenters. The highest BCUT2D eigenvalue weighted by Gasteiger charge is 2.35. The van der Waals surface area contributed by atoms with E-state index in [1.165, 1.54) is 38.5 Å². The SMILES string of the molecule is CCCCCCC[C@@H]1O[C@H]1C=CCCl. The molecular formula is C12H21ClO. The minimum Gasteiger partial charge on any atom is -0.365 e. The number of alkyl halides is 1. The summed E-state index contributed by atoms with van der Waals surface area (Å²) in [6, 6.07) is 0. The Morgan fingerprint density at radius 1 is 1.21 bits per heavy atom. The Balaban J connectivity index is 1.88. The summed E-state index contributed by atoms with van der Waals surface area (Å²) in [5, 5.41) is 0. The first kappa shape index (κ1) is 12.1. The van der Waals surface area contributed by atoms with Gasteiger partial charge in [0.05, 0.1) is 6.10 Å². The lowest BCUT2D eigenvalue weighted by Crippen LogP contribution is -1.91. The lowest BCUT2D eigenvalue weighted by Gasteiger charge is -1.96. The maximum Gasteiger partial charge on any atom is 0.102 e. The number of hydrogen-bond acceptors (Lipinski definition) is 1. The van der Waals surface area contributed by atoms with Crippen molar-refractivity contribution in [2.24, 2.45) is 0 Å². The summed E-state index contributed by atoms with van der Waals surface area (Å²) >= 11 is 5.54. The van der Waals surface area contributed by atoms with E-state index in [4.69, 9.17) is 16.3 Å². The molecule has 14 heavy (non-hydrogen) atoms. The molecule has 0 aliphatic carbocycles. The first-order valence-electron chi connectivity index (χ1n) is 5.76. The fourth-order valence-corrected chi connectivity index (χ4v) is 1.80. The summed E-state index contributed by atoms with van der Waals surface area (Å²) < 4.78 is 5.48. The second-order valence-electron chi connectivity index (χ2n) is 3.92. The fraction of sp³-hybridized carbons (Fsp3) is 0.833. The molecule has 82 valence electrons. The molecule has 0 radical (unpaired) electrons. The molecule has 1 rings (SSSR count). The molecule has 1 saturated heterocycles. The van der Waals surface area contributed by atoms with Gasteiger partial charge in [-0.25, -0.2) is 0 Å². The quantitative estimate of drug-likeness (QED) is 0.259. The Morgan fingerprint density at radius 3 is 2.71 bits per heavy atom. The summed E-state index contributed by atoms with van der Waals surface area (Å²) in [4.78, 5) is 0. The van der Waals surface area contributed by atoms with E-state index >= 15 is 0 Å². The number of allylic oxidation sites excluding steroid dienone is 1. The Labute approximate surface area is 92.5 Å². The zero-order valence-corrected chi connectivity index (χ0v) is 9.80. The van der Waals surface area contributed by atoms with Crippen molar-refractivity contribution >= 4 is 11.6 Å². The molecule has 0 N–H and O–H groups in total. The molecule has 0 aromatic rings. The molecule has 2 atom stereocenters. The van der Waals surface area contributed by atoms with Crippen LogP contribution in [0.2, 0.25) is 0 Å². The number of halogens is 1. The van der Waals surface area contributed by atoms with Gasteiger partial charge in [0, 0.05) is 5.88 Å². The average Bonchev–Trinajstić information content (AvgIpc) is 2.93. The van der Waals surface area contributed by atoms with Gasteiger partial charge < -0.3 is 4.74 Å². The minimum absolute atomic E-state index is 0.375. The van der Waals surface area contributed by atoms with Crippen LogP contribution in [0.25, 0.3) is 0 Å². The van der Waals surface area contributed by atoms with Crippen molar-refractivity contribution in [2.45, 2.75) is 57.7 Å². The molecule has 1 fully saturated rings. The monoisotopic (exact) mass is 216 g/mol. The van der Waals surface area contributed by atoms with Crippen molar-refractivity contribution in [2.75, 3.05) is 5.88 Å². The van der Waals surface area contributed by atoms with Gasteiger partial charge in [-0.3, -0.25) is 0 Å². The third-order valence-corrected chi connectivity index (χ3v) is 2.81. The van der Waals surface area contributed by atoms with Gasteiger partial charge in [0.25, 0.3) is 0 Å². The van der Waals surface area contributed by atoms with Crippen LogP contribution in [0.3, 0.4) is 0 Å². The smallest absolute Gasteiger partial charge is 0.102 e. The third kappa shape index (κ3) is 5.02. The molecule has 2 heteroatoms. The number of hydrogen-bond donors (Lipinski definition) is 0. The fourth-order valence-electron chi connectivity index (χ4n) is 1.69. The molecule has 0 amide bonds. The van der Waals surface area contributed by atoms with Crippen LogP contribution >= 0.6 is 11.6 Å². The normalized spacial score (nSPS) is 25.9. The van der Waals surface area contributed by atoms with E-state index in [1.807, 2.05) is 6.08 Å². The van der Waals surface area contributed by atoms with Gasteiger partial charge in [0.1, 0.15) is 6.10 Å². The highest BCUT2D eigenvalue weighted by Crippen LogP contribution is 2.28. The maximum atomic E-state index is 5.54. The first-order valence-corrected chi connectivity index (χ1v) is 6.30. The Kier molecular flexibility index (Phi) is 6.29. The minimum atomic E-state index is 0.375. The molecule has 1 aliphatic heterocycles. The molecule has 0 bridgehead atoms. The number of rotatable bonds is 8. The van der Waals surface area contributed by atoms with Crippen LogP contribution in [-0.2, 0) is 4.74 Å². The van der Waals surface area contributed by atoms with Crippen molar-refractivity contribution in [3.05, 3.63) is 12.2 Å². The number of epoxide rings is 1. The van der Waals surface area contributed by atoms with Gasteiger partial charge >= 0.3 is 0 Å². The summed E-state index contributed by atoms with van der Waals surface area (Å²) in [6.07, 6.45) is 12.9.